The van der Waals surface area contributed by atoms with Crippen LogP contribution < -0.4 is 4.74 Å². The van der Waals surface area contributed by atoms with Crippen molar-refractivity contribution < 1.29 is 9.13 Å². The molecule has 0 unspecified atom stereocenters. The average molecular weight is 218 g/mol. The SMILES string of the molecule is COc1nc(C)cnc1-c1ccc(F)cc1. The van der Waals surface area contributed by atoms with E-state index >= 15 is 0 Å². The van der Waals surface area contributed by atoms with Crippen molar-refractivity contribution >= 4 is 0 Å². The number of nitrogens with zero attached hydrogens (tertiary/aromatic N) is 2. The number of methoxy groups -OCH3 is 1. The minimum absolute atomic E-state index is 0.275. The third kappa shape index (κ3) is 2.00. The summed E-state index contributed by atoms with van der Waals surface area (Å²) >= 11 is 0. The standard InChI is InChI=1S/C12H11FN2O/c1-8-7-14-11(12(15-8)16-2)9-3-5-10(13)6-4-9/h3-7H,1-2H3. The molecule has 0 saturated heterocycles. The zero-order chi connectivity index (χ0) is 11.5. The van der Waals surface area contributed by atoms with E-state index in [1.165, 1.54) is 19.2 Å². The Kier molecular flexibility index (Phi) is 2.81. The number of hydrogen-bond donors (Lipinski definition) is 0. The molecule has 0 amide bonds. The van der Waals surface area contributed by atoms with E-state index in [0.717, 1.165) is 11.3 Å². The summed E-state index contributed by atoms with van der Waals surface area (Å²) in [6.45, 7) is 1.84. The summed E-state index contributed by atoms with van der Waals surface area (Å²) in [6.07, 6.45) is 1.65. The maximum Gasteiger partial charge on any atom is 0.240 e. The number of aryl methyl sites for hydroxylation is 1. The largest absolute Gasteiger partial charge is 0.479 e. The molecular formula is C12H11FN2O. The summed E-state index contributed by atoms with van der Waals surface area (Å²) < 4.78 is 17.9. The molecule has 1 heterocycles. The van der Waals surface area contributed by atoms with Crippen molar-refractivity contribution in [3.05, 3.63) is 42.0 Å². The minimum Gasteiger partial charge on any atom is -0.479 e. The van der Waals surface area contributed by atoms with E-state index in [2.05, 4.69) is 9.97 Å². The maximum atomic E-state index is 12.8. The van der Waals surface area contributed by atoms with Crippen LogP contribution in [0.15, 0.2) is 30.5 Å². The van der Waals surface area contributed by atoms with Crippen LogP contribution in [0.1, 0.15) is 5.69 Å². The summed E-state index contributed by atoms with van der Waals surface area (Å²) in [6, 6.07) is 6.07. The molecule has 0 bridgehead atoms. The van der Waals surface area contributed by atoms with Gasteiger partial charge in [-0.05, 0) is 31.2 Å². The lowest BCUT2D eigenvalue weighted by molar-refractivity contribution is 0.396. The van der Waals surface area contributed by atoms with Gasteiger partial charge in [0.25, 0.3) is 0 Å². The summed E-state index contributed by atoms with van der Waals surface area (Å²) in [5.74, 6) is 0.175. The monoisotopic (exact) mass is 218 g/mol. The highest BCUT2D eigenvalue weighted by Crippen LogP contribution is 2.25. The first-order chi connectivity index (χ1) is 7.70. The van der Waals surface area contributed by atoms with Crippen molar-refractivity contribution in [3.8, 4) is 17.1 Å². The van der Waals surface area contributed by atoms with E-state index < -0.39 is 0 Å². The predicted molar refractivity (Wildman–Crippen MR) is 58.7 cm³/mol. The Bertz CT molecular complexity index is 497. The smallest absolute Gasteiger partial charge is 0.240 e. The van der Waals surface area contributed by atoms with Gasteiger partial charge in [-0.15, -0.1) is 0 Å². The summed E-state index contributed by atoms with van der Waals surface area (Å²) in [5.41, 5.74) is 2.18. The van der Waals surface area contributed by atoms with Crippen LogP contribution in [0.2, 0.25) is 0 Å². The van der Waals surface area contributed by atoms with Gasteiger partial charge >= 0.3 is 0 Å². The molecule has 0 aliphatic carbocycles. The second-order valence-electron chi connectivity index (χ2n) is 3.38. The van der Waals surface area contributed by atoms with E-state index in [4.69, 9.17) is 4.74 Å². The summed E-state index contributed by atoms with van der Waals surface area (Å²) in [4.78, 5) is 8.45. The molecule has 2 aromatic rings. The van der Waals surface area contributed by atoms with Crippen molar-refractivity contribution in [2.45, 2.75) is 6.92 Å². The first kappa shape index (κ1) is 10.5. The predicted octanol–water partition coefficient (Wildman–Crippen LogP) is 2.60. The molecule has 4 heteroatoms. The molecule has 1 aromatic heterocycles. The van der Waals surface area contributed by atoms with Crippen LogP contribution >= 0.6 is 0 Å². The van der Waals surface area contributed by atoms with E-state index in [0.29, 0.717) is 11.6 Å². The number of aromatic nitrogens is 2. The second-order valence-corrected chi connectivity index (χ2v) is 3.38. The lowest BCUT2D eigenvalue weighted by Crippen LogP contribution is -1.96. The van der Waals surface area contributed by atoms with Crippen LogP contribution in [0, 0.1) is 12.7 Å². The van der Waals surface area contributed by atoms with Crippen molar-refractivity contribution in [3.63, 3.8) is 0 Å². The molecule has 0 N–H and O–H groups in total. The molecule has 3 nitrogen and oxygen atoms in total. The Labute approximate surface area is 92.9 Å². The molecule has 0 aliphatic rings. The fourth-order valence-corrected chi connectivity index (χ4v) is 1.40. The Hall–Kier alpha value is -1.97. The molecule has 82 valence electrons. The lowest BCUT2D eigenvalue weighted by atomic mass is 10.1. The van der Waals surface area contributed by atoms with Crippen LogP contribution in [0.3, 0.4) is 0 Å². The molecular weight excluding hydrogens is 207 g/mol. The normalized spacial score (nSPS) is 10.2. The topological polar surface area (TPSA) is 35.0 Å². The maximum absolute atomic E-state index is 12.8. The zero-order valence-electron chi connectivity index (χ0n) is 9.07. The fourth-order valence-electron chi connectivity index (χ4n) is 1.40. The van der Waals surface area contributed by atoms with Gasteiger partial charge in [-0.3, -0.25) is 0 Å². The third-order valence-electron chi connectivity index (χ3n) is 2.17. The van der Waals surface area contributed by atoms with E-state index in [1.807, 2.05) is 6.92 Å². The molecule has 0 atom stereocenters. The number of halogens is 1. The third-order valence-corrected chi connectivity index (χ3v) is 2.17. The van der Waals surface area contributed by atoms with Crippen molar-refractivity contribution in [2.75, 3.05) is 7.11 Å². The molecule has 0 radical (unpaired) electrons. The van der Waals surface area contributed by atoms with Gasteiger partial charge in [-0.1, -0.05) is 0 Å². The minimum atomic E-state index is -0.275. The molecule has 16 heavy (non-hydrogen) atoms. The molecule has 0 saturated carbocycles. The Morgan fingerprint density at radius 3 is 2.50 bits per heavy atom. The molecule has 1 aromatic carbocycles. The van der Waals surface area contributed by atoms with E-state index in [-0.39, 0.29) is 5.82 Å². The van der Waals surface area contributed by atoms with Gasteiger partial charge in [0.15, 0.2) is 0 Å². The van der Waals surface area contributed by atoms with E-state index in [9.17, 15) is 4.39 Å². The fraction of sp³-hybridized carbons (Fsp3) is 0.167. The average Bonchev–Trinajstić information content (AvgIpc) is 2.30. The van der Waals surface area contributed by atoms with Crippen LogP contribution in [0.5, 0.6) is 5.88 Å². The van der Waals surface area contributed by atoms with Gasteiger partial charge < -0.3 is 4.74 Å². The highest BCUT2D eigenvalue weighted by Gasteiger charge is 2.09. The summed E-state index contributed by atoms with van der Waals surface area (Å²) in [7, 11) is 1.54. The first-order valence-electron chi connectivity index (χ1n) is 4.84. The Balaban J connectivity index is 2.51. The van der Waals surface area contributed by atoms with Crippen molar-refractivity contribution in [1.29, 1.82) is 0 Å². The molecule has 0 fully saturated rings. The number of rotatable bonds is 2. The summed E-state index contributed by atoms with van der Waals surface area (Å²) in [5, 5.41) is 0. The second kappa shape index (κ2) is 4.26. The van der Waals surface area contributed by atoms with E-state index in [1.54, 1.807) is 18.3 Å². The first-order valence-corrected chi connectivity index (χ1v) is 4.84. The van der Waals surface area contributed by atoms with Crippen molar-refractivity contribution in [1.82, 2.24) is 9.97 Å². The van der Waals surface area contributed by atoms with Gasteiger partial charge in [-0.25, -0.2) is 14.4 Å². The number of benzene rings is 1. The highest BCUT2D eigenvalue weighted by atomic mass is 19.1. The van der Waals surface area contributed by atoms with Crippen LogP contribution in [-0.4, -0.2) is 17.1 Å². The Morgan fingerprint density at radius 2 is 1.88 bits per heavy atom. The van der Waals surface area contributed by atoms with Gasteiger partial charge in [0.1, 0.15) is 11.5 Å². The number of ether oxygens (including phenoxy) is 1. The molecule has 0 spiro atoms. The highest BCUT2D eigenvalue weighted by molar-refractivity contribution is 5.64. The molecule has 0 aliphatic heterocycles. The van der Waals surface area contributed by atoms with Crippen LogP contribution in [0.25, 0.3) is 11.3 Å². The molecule has 2 rings (SSSR count). The zero-order valence-corrected chi connectivity index (χ0v) is 9.07. The van der Waals surface area contributed by atoms with Crippen LogP contribution in [0.4, 0.5) is 4.39 Å². The van der Waals surface area contributed by atoms with Crippen molar-refractivity contribution in [2.24, 2.45) is 0 Å². The van der Waals surface area contributed by atoms with Gasteiger partial charge in [0.05, 0.1) is 12.8 Å². The lowest BCUT2D eigenvalue weighted by Gasteiger charge is -2.06. The Morgan fingerprint density at radius 1 is 1.19 bits per heavy atom. The number of hydrogen-bond acceptors (Lipinski definition) is 3. The van der Waals surface area contributed by atoms with Gasteiger partial charge in [-0.2, -0.15) is 0 Å². The van der Waals surface area contributed by atoms with Crippen LogP contribution in [-0.2, 0) is 0 Å². The van der Waals surface area contributed by atoms with Gasteiger partial charge in [0.2, 0.25) is 5.88 Å². The quantitative estimate of drug-likeness (QED) is 0.777. The van der Waals surface area contributed by atoms with Gasteiger partial charge in [0, 0.05) is 11.8 Å².